The molecule has 0 radical (unpaired) electrons. The van der Waals surface area contributed by atoms with Gasteiger partial charge in [-0.1, -0.05) is 84.0 Å². The van der Waals surface area contributed by atoms with Crippen molar-refractivity contribution in [1.82, 2.24) is 0 Å². The van der Waals surface area contributed by atoms with Gasteiger partial charge in [-0.2, -0.15) is 0 Å². The van der Waals surface area contributed by atoms with E-state index in [1.807, 2.05) is 0 Å². The fourth-order valence-electron chi connectivity index (χ4n) is 6.35. The first-order chi connectivity index (χ1) is 24.8. The van der Waals surface area contributed by atoms with Crippen molar-refractivity contribution in [3.05, 3.63) is 0 Å². The van der Waals surface area contributed by atoms with Crippen molar-refractivity contribution in [2.24, 2.45) is 0 Å². The fraction of sp³-hybridized carbons (Fsp3) is 0.971. The minimum absolute atomic E-state index is 0.345. The normalized spacial score (nSPS) is 38.0. The Balaban J connectivity index is 0.000000442. The molecule has 0 saturated carbocycles. The van der Waals surface area contributed by atoms with Crippen LogP contribution < -0.4 is 0 Å². The van der Waals surface area contributed by atoms with Crippen molar-refractivity contribution in [2.45, 2.75) is 189 Å². The summed E-state index contributed by atoms with van der Waals surface area (Å²) in [7, 11) is 0. The van der Waals surface area contributed by atoms with Gasteiger partial charge in [0, 0.05) is 6.42 Å². The van der Waals surface area contributed by atoms with Gasteiger partial charge in [-0.15, -0.1) is 0 Å². The molecule has 2 unspecified atom stereocenters. The molecular weight excluding hydrogens is 696 g/mol. The summed E-state index contributed by atoms with van der Waals surface area (Å²) in [6.07, 6.45) is -7.87. The third kappa shape index (κ3) is 14.5. The molecule has 52 heavy (non-hydrogen) atoms. The molecule has 18 heteroatoms. The maximum atomic E-state index is 10.6. The maximum Gasteiger partial charge on any atom is 0.303 e. The lowest BCUT2D eigenvalue weighted by atomic mass is 9.96. The number of unbranched alkanes of at least 4 members (excludes halogenated alkanes) is 12. The molecule has 0 aromatic rings. The van der Waals surface area contributed by atoms with Crippen molar-refractivity contribution < 1.29 is 89.8 Å². The van der Waals surface area contributed by atoms with Gasteiger partial charge in [0.25, 0.3) is 0 Å². The zero-order valence-electron chi connectivity index (χ0n) is 30.0. The Labute approximate surface area is 304 Å². The quantitative estimate of drug-likeness (QED) is 0.0562. The van der Waals surface area contributed by atoms with Gasteiger partial charge in [-0.25, -0.2) is 0 Å². The van der Waals surface area contributed by atoms with Crippen molar-refractivity contribution in [3.63, 3.8) is 0 Å². The molecule has 12 N–H and O–H groups in total. The van der Waals surface area contributed by atoms with Gasteiger partial charge in [0.1, 0.15) is 73.2 Å². The number of aliphatic carboxylic acids is 1. The average Bonchev–Trinajstić information content (AvgIpc) is 3.13. The first-order valence-electron chi connectivity index (χ1n) is 18.6. The van der Waals surface area contributed by atoms with E-state index in [-0.39, 0.29) is 0 Å². The third-order valence-electron chi connectivity index (χ3n) is 9.59. The molecule has 3 rings (SSSR count). The van der Waals surface area contributed by atoms with Crippen LogP contribution in [0.25, 0.3) is 0 Å². The van der Waals surface area contributed by atoms with Gasteiger partial charge in [0.15, 0.2) is 18.9 Å². The third-order valence-corrected chi connectivity index (χ3v) is 9.59. The zero-order chi connectivity index (χ0) is 38.8. The topological polar surface area (TPSA) is 306 Å². The highest BCUT2D eigenvalue weighted by Gasteiger charge is 2.53. The van der Waals surface area contributed by atoms with Crippen LogP contribution in [0.3, 0.4) is 0 Å². The average molecular weight is 761 g/mol. The van der Waals surface area contributed by atoms with E-state index in [9.17, 15) is 61.0 Å². The lowest BCUT2D eigenvalue weighted by Gasteiger charge is -2.47. The van der Waals surface area contributed by atoms with Crippen LogP contribution in [0.15, 0.2) is 0 Å². The Morgan fingerprint density at radius 3 is 1.31 bits per heavy atom. The monoisotopic (exact) mass is 760 g/mol. The molecule has 15 atom stereocenters. The molecule has 308 valence electrons. The van der Waals surface area contributed by atoms with Crippen molar-refractivity contribution >= 4 is 5.97 Å². The van der Waals surface area contributed by atoms with Crippen LogP contribution >= 0.6 is 0 Å². The van der Waals surface area contributed by atoms with E-state index < -0.39 is 118 Å². The van der Waals surface area contributed by atoms with E-state index in [1.54, 1.807) is 0 Å². The lowest BCUT2D eigenvalue weighted by Crippen LogP contribution is -2.66. The molecule has 0 amide bonds. The molecule has 3 fully saturated rings. The van der Waals surface area contributed by atoms with E-state index >= 15 is 0 Å². The van der Waals surface area contributed by atoms with Gasteiger partial charge < -0.3 is 85.0 Å². The summed E-state index contributed by atoms with van der Waals surface area (Å²) < 4.78 is 26.4. The zero-order valence-corrected chi connectivity index (χ0v) is 30.0. The SMILES string of the molecule is CCCCCCCCCCCCCCCC(=O)O.OC[C@H]1OC(O[C@H]2[C@H](O)[C@@H](O)C(O[C@H]3[C@H](O)[C@@H](O)[C@@H](O)O[C@@H]3CO)O[C@@H]2CO)[C@H](O)[C@@H](O)[C@@H]1O. The summed E-state index contributed by atoms with van der Waals surface area (Å²) in [6, 6.07) is 0. The first kappa shape index (κ1) is 47.0. The van der Waals surface area contributed by atoms with Gasteiger partial charge in [0.2, 0.25) is 0 Å². The molecular formula is C34H64O18. The highest BCUT2D eigenvalue weighted by Crippen LogP contribution is 2.32. The molecule has 0 aromatic carbocycles. The Morgan fingerprint density at radius 2 is 0.865 bits per heavy atom. The van der Waals surface area contributed by atoms with Crippen LogP contribution in [-0.2, 0) is 28.5 Å². The predicted molar refractivity (Wildman–Crippen MR) is 179 cm³/mol. The Hall–Kier alpha value is -1.17. The molecule has 3 aliphatic rings. The number of carboxylic acid groups (broad SMARTS) is 1. The summed E-state index contributed by atoms with van der Waals surface area (Å²) in [6.45, 7) is -0.0608. The number of aliphatic hydroxyl groups is 11. The summed E-state index contributed by atoms with van der Waals surface area (Å²) in [5.41, 5.74) is 0. The van der Waals surface area contributed by atoms with E-state index in [1.165, 1.54) is 70.6 Å². The van der Waals surface area contributed by atoms with Crippen molar-refractivity contribution in [3.8, 4) is 0 Å². The van der Waals surface area contributed by atoms with Gasteiger partial charge in [-0.05, 0) is 6.42 Å². The molecule has 0 spiro atoms. The van der Waals surface area contributed by atoms with Gasteiger partial charge >= 0.3 is 5.97 Å². The van der Waals surface area contributed by atoms with E-state index in [2.05, 4.69) is 6.92 Å². The summed E-state index contributed by atoms with van der Waals surface area (Å²) >= 11 is 0. The molecule has 3 heterocycles. The standard InChI is InChI=1S/C18H32O16.C16H32O2/c19-1-4-7(22)8(23)12(27)17(31-4)34-15-6(3-21)32-18(13(28)10(15)25)33-14-5(2-20)30-16(29)11(26)9(14)24;1-2-3-4-5-6-7-8-9-10-11-12-13-14-15-16(17)18/h4-29H,1-3H2;2-15H2,1H3,(H,17,18)/t4-,5-,6-,7-,8+,9-,10-,11-,12-,13-,14-,15-,16+,17?,18?;/m1./s1. The molecule has 0 aliphatic carbocycles. The van der Waals surface area contributed by atoms with Crippen LogP contribution in [-0.4, -0.2) is 179 Å². The van der Waals surface area contributed by atoms with Crippen LogP contribution in [0.2, 0.25) is 0 Å². The van der Waals surface area contributed by atoms with Crippen LogP contribution in [0.5, 0.6) is 0 Å². The molecule has 3 saturated heterocycles. The number of hydrogen-bond donors (Lipinski definition) is 12. The number of rotatable bonds is 21. The van der Waals surface area contributed by atoms with Crippen LogP contribution in [0.4, 0.5) is 0 Å². The van der Waals surface area contributed by atoms with Crippen LogP contribution in [0, 0.1) is 0 Å². The van der Waals surface area contributed by atoms with Gasteiger partial charge in [-0.3, -0.25) is 4.79 Å². The second kappa shape index (κ2) is 25.1. The van der Waals surface area contributed by atoms with E-state index in [0.717, 1.165) is 12.8 Å². The number of ether oxygens (including phenoxy) is 5. The molecule has 3 aliphatic heterocycles. The second-order valence-electron chi connectivity index (χ2n) is 13.7. The number of carbonyl (C=O) groups is 1. The largest absolute Gasteiger partial charge is 0.481 e. The van der Waals surface area contributed by atoms with Crippen molar-refractivity contribution in [1.29, 1.82) is 0 Å². The summed E-state index contributed by atoms with van der Waals surface area (Å²) in [4.78, 5) is 10.3. The smallest absolute Gasteiger partial charge is 0.303 e. The second-order valence-corrected chi connectivity index (χ2v) is 13.7. The number of aliphatic hydroxyl groups excluding tert-OH is 11. The summed E-state index contributed by atoms with van der Waals surface area (Å²) in [5, 5.41) is 118. The maximum absolute atomic E-state index is 10.6. The highest BCUT2D eigenvalue weighted by molar-refractivity contribution is 5.66. The Morgan fingerprint density at radius 1 is 0.481 bits per heavy atom. The fourth-order valence-corrected chi connectivity index (χ4v) is 6.35. The predicted octanol–water partition coefficient (Wildman–Crippen LogP) is -2.02. The van der Waals surface area contributed by atoms with E-state index in [0.29, 0.717) is 6.42 Å². The minimum atomic E-state index is -1.91. The molecule has 0 aromatic heterocycles. The number of hydrogen-bond acceptors (Lipinski definition) is 17. The van der Waals surface area contributed by atoms with E-state index in [4.69, 9.17) is 28.8 Å². The lowest BCUT2D eigenvalue weighted by molar-refractivity contribution is -0.377. The molecule has 0 bridgehead atoms. The van der Waals surface area contributed by atoms with Gasteiger partial charge in [0.05, 0.1) is 19.8 Å². The van der Waals surface area contributed by atoms with Crippen molar-refractivity contribution in [2.75, 3.05) is 19.8 Å². The minimum Gasteiger partial charge on any atom is -0.481 e. The molecule has 18 nitrogen and oxygen atoms in total. The Kier molecular flexibility index (Phi) is 22.7. The summed E-state index contributed by atoms with van der Waals surface area (Å²) in [5.74, 6) is -0.655. The number of carboxylic acids is 1. The first-order valence-corrected chi connectivity index (χ1v) is 18.6. The van der Waals surface area contributed by atoms with Crippen LogP contribution in [0.1, 0.15) is 96.8 Å². The Bertz CT molecular complexity index is 942. The highest BCUT2D eigenvalue weighted by atomic mass is 16.8.